The third-order valence-corrected chi connectivity index (χ3v) is 3.84. The summed E-state index contributed by atoms with van der Waals surface area (Å²) in [4.78, 5) is 17.3. The van der Waals surface area contributed by atoms with Gasteiger partial charge in [-0.1, -0.05) is 11.6 Å². The van der Waals surface area contributed by atoms with Gasteiger partial charge in [0.05, 0.1) is 12.1 Å². The SMILES string of the molecule is COc1c(F)cc(Cn2ccnc2C(/C=C(/C)C=O)=C/N(C)C)cc1Cl. The first kappa shape index (κ1) is 19.7. The highest BCUT2D eigenvalue weighted by Gasteiger charge is 2.13. The zero-order chi connectivity index (χ0) is 19.3. The summed E-state index contributed by atoms with van der Waals surface area (Å²) in [5.41, 5.74) is 2.02. The van der Waals surface area contributed by atoms with Gasteiger partial charge in [0.2, 0.25) is 0 Å². The van der Waals surface area contributed by atoms with Gasteiger partial charge in [-0.15, -0.1) is 0 Å². The maximum absolute atomic E-state index is 14.1. The highest BCUT2D eigenvalue weighted by atomic mass is 35.5. The standard InChI is InChI=1S/C19H21ClFN3O2/c1-13(12-25)7-15(11-23(2)3)19-22-5-6-24(19)10-14-8-16(20)18(26-4)17(21)9-14/h5-9,11-12H,10H2,1-4H3/b13-7-,15-11+. The fraction of sp³-hybridized carbons (Fsp3) is 0.263. The van der Waals surface area contributed by atoms with Crippen molar-refractivity contribution in [3.05, 3.63) is 64.6 Å². The topological polar surface area (TPSA) is 47.4 Å². The number of imidazole rings is 1. The van der Waals surface area contributed by atoms with Crippen LogP contribution in [-0.2, 0) is 11.3 Å². The minimum absolute atomic E-state index is 0.0269. The number of ether oxygens (including phenoxy) is 1. The number of nitrogens with zero attached hydrogens (tertiary/aromatic N) is 3. The van der Waals surface area contributed by atoms with Crippen LogP contribution < -0.4 is 4.74 Å². The van der Waals surface area contributed by atoms with Gasteiger partial charge in [-0.25, -0.2) is 9.37 Å². The Morgan fingerprint density at radius 2 is 2.15 bits per heavy atom. The lowest BCUT2D eigenvalue weighted by Crippen LogP contribution is -2.08. The third kappa shape index (κ3) is 4.73. The Bertz CT molecular complexity index is 833. The number of methoxy groups -OCH3 is 1. The lowest BCUT2D eigenvalue weighted by atomic mass is 10.1. The van der Waals surface area contributed by atoms with Gasteiger partial charge in [0.1, 0.15) is 12.1 Å². The van der Waals surface area contributed by atoms with E-state index >= 15 is 0 Å². The van der Waals surface area contributed by atoms with E-state index in [1.54, 1.807) is 31.5 Å². The molecule has 2 rings (SSSR count). The van der Waals surface area contributed by atoms with E-state index in [0.29, 0.717) is 23.5 Å². The van der Waals surface area contributed by atoms with E-state index in [-0.39, 0.29) is 10.8 Å². The molecule has 1 aromatic carbocycles. The zero-order valence-electron chi connectivity index (χ0n) is 15.2. The summed E-state index contributed by atoms with van der Waals surface area (Å²) in [6, 6.07) is 3.05. The van der Waals surface area contributed by atoms with E-state index in [0.717, 1.165) is 11.9 Å². The summed E-state index contributed by atoms with van der Waals surface area (Å²) in [5.74, 6) is 0.170. The number of rotatable bonds is 7. The van der Waals surface area contributed by atoms with E-state index < -0.39 is 5.82 Å². The summed E-state index contributed by atoms with van der Waals surface area (Å²) in [7, 11) is 5.14. The minimum Gasteiger partial charge on any atom is -0.492 e. The average Bonchev–Trinajstić information content (AvgIpc) is 3.01. The van der Waals surface area contributed by atoms with Crippen molar-refractivity contribution in [1.29, 1.82) is 0 Å². The van der Waals surface area contributed by atoms with Crippen LogP contribution in [0.25, 0.3) is 5.57 Å². The summed E-state index contributed by atoms with van der Waals surface area (Å²) < 4.78 is 20.9. The molecule has 0 aliphatic heterocycles. The van der Waals surface area contributed by atoms with Crippen molar-refractivity contribution < 1.29 is 13.9 Å². The van der Waals surface area contributed by atoms with Crippen LogP contribution in [0.5, 0.6) is 5.75 Å². The number of aldehydes is 1. The molecule has 5 nitrogen and oxygen atoms in total. The lowest BCUT2D eigenvalue weighted by Gasteiger charge is -2.13. The fourth-order valence-electron chi connectivity index (χ4n) is 2.51. The van der Waals surface area contributed by atoms with Crippen LogP contribution in [0.15, 0.2) is 42.4 Å². The number of hydrogen-bond donors (Lipinski definition) is 0. The van der Waals surface area contributed by atoms with E-state index in [1.165, 1.54) is 13.2 Å². The van der Waals surface area contributed by atoms with Crippen LogP contribution in [0, 0.1) is 5.82 Å². The monoisotopic (exact) mass is 377 g/mol. The second-order valence-electron chi connectivity index (χ2n) is 6.03. The molecule has 1 aromatic heterocycles. The number of aromatic nitrogens is 2. The molecule has 138 valence electrons. The van der Waals surface area contributed by atoms with Gasteiger partial charge < -0.3 is 14.2 Å². The molecule has 26 heavy (non-hydrogen) atoms. The van der Waals surface area contributed by atoms with Crippen LogP contribution in [0.4, 0.5) is 4.39 Å². The highest BCUT2D eigenvalue weighted by molar-refractivity contribution is 6.32. The molecule has 0 atom stereocenters. The third-order valence-electron chi connectivity index (χ3n) is 3.56. The quantitative estimate of drug-likeness (QED) is 0.418. The number of carbonyl (C=O) groups is 1. The Hall–Kier alpha value is -2.60. The predicted molar refractivity (Wildman–Crippen MR) is 101 cm³/mol. The van der Waals surface area contributed by atoms with Crippen LogP contribution in [0.2, 0.25) is 5.02 Å². The second-order valence-corrected chi connectivity index (χ2v) is 6.43. The molecule has 1 heterocycles. The van der Waals surface area contributed by atoms with Crippen molar-refractivity contribution in [1.82, 2.24) is 14.5 Å². The van der Waals surface area contributed by atoms with Gasteiger partial charge >= 0.3 is 0 Å². The first-order chi connectivity index (χ1) is 12.3. The molecule has 0 unspecified atom stereocenters. The molecular formula is C19H21ClFN3O2. The summed E-state index contributed by atoms with van der Waals surface area (Å²) >= 11 is 6.08. The highest BCUT2D eigenvalue weighted by Crippen LogP contribution is 2.29. The first-order valence-corrected chi connectivity index (χ1v) is 8.28. The van der Waals surface area contributed by atoms with Gasteiger partial charge in [-0.3, -0.25) is 4.79 Å². The molecule has 0 spiro atoms. The maximum Gasteiger partial charge on any atom is 0.173 e. The van der Waals surface area contributed by atoms with Crippen LogP contribution in [0.3, 0.4) is 0 Å². The molecule has 0 bridgehead atoms. The minimum atomic E-state index is -0.516. The van der Waals surface area contributed by atoms with Crippen molar-refractivity contribution in [2.75, 3.05) is 21.2 Å². The fourth-order valence-corrected chi connectivity index (χ4v) is 2.82. The molecule has 0 N–H and O–H groups in total. The lowest BCUT2D eigenvalue weighted by molar-refractivity contribution is -0.104. The van der Waals surface area contributed by atoms with Gasteiger partial charge in [-0.2, -0.15) is 0 Å². The van der Waals surface area contributed by atoms with Crippen molar-refractivity contribution >= 4 is 23.5 Å². The molecular weight excluding hydrogens is 357 g/mol. The van der Waals surface area contributed by atoms with Gasteiger partial charge in [0, 0.05) is 44.8 Å². The van der Waals surface area contributed by atoms with Gasteiger partial charge in [0.25, 0.3) is 0 Å². The Kier molecular flexibility index (Phi) is 6.58. The Labute approximate surface area is 157 Å². The van der Waals surface area contributed by atoms with Crippen LogP contribution in [0.1, 0.15) is 18.3 Å². The van der Waals surface area contributed by atoms with E-state index in [2.05, 4.69) is 4.98 Å². The van der Waals surface area contributed by atoms with Gasteiger partial charge in [0.15, 0.2) is 11.6 Å². The molecule has 7 heteroatoms. The molecule has 0 aliphatic rings. The number of halogens is 2. The largest absolute Gasteiger partial charge is 0.492 e. The number of hydrogen-bond acceptors (Lipinski definition) is 4. The molecule has 0 saturated carbocycles. The zero-order valence-corrected chi connectivity index (χ0v) is 15.9. The summed E-state index contributed by atoms with van der Waals surface area (Å²) in [6.07, 6.45) is 7.86. The summed E-state index contributed by atoms with van der Waals surface area (Å²) in [6.45, 7) is 2.09. The predicted octanol–water partition coefficient (Wildman–Crippen LogP) is 3.78. The van der Waals surface area contributed by atoms with Crippen molar-refractivity contribution in [2.45, 2.75) is 13.5 Å². The number of carbonyl (C=O) groups excluding carboxylic acids is 1. The Balaban J connectivity index is 2.42. The van der Waals surface area contributed by atoms with Crippen LogP contribution in [-0.4, -0.2) is 41.9 Å². The number of benzene rings is 1. The van der Waals surface area contributed by atoms with E-state index in [9.17, 15) is 9.18 Å². The van der Waals surface area contributed by atoms with E-state index in [4.69, 9.17) is 16.3 Å². The smallest absolute Gasteiger partial charge is 0.173 e. The molecule has 2 aromatic rings. The Morgan fingerprint density at radius 1 is 1.42 bits per heavy atom. The number of allylic oxidation sites excluding steroid dienone is 3. The van der Waals surface area contributed by atoms with Crippen molar-refractivity contribution in [3.63, 3.8) is 0 Å². The van der Waals surface area contributed by atoms with Gasteiger partial charge in [-0.05, 0) is 36.3 Å². The molecule has 0 aliphatic carbocycles. The van der Waals surface area contributed by atoms with Crippen LogP contribution >= 0.6 is 11.6 Å². The molecule has 0 amide bonds. The van der Waals surface area contributed by atoms with E-state index in [1.807, 2.05) is 29.8 Å². The molecule has 0 radical (unpaired) electrons. The molecule has 0 fully saturated rings. The van der Waals surface area contributed by atoms with Crippen molar-refractivity contribution in [3.8, 4) is 5.75 Å². The normalized spacial score (nSPS) is 12.2. The molecule has 0 saturated heterocycles. The Morgan fingerprint density at radius 3 is 2.73 bits per heavy atom. The van der Waals surface area contributed by atoms with Crippen molar-refractivity contribution in [2.24, 2.45) is 0 Å². The summed E-state index contributed by atoms with van der Waals surface area (Å²) in [5, 5.41) is 0.213. The average molecular weight is 378 g/mol. The second kappa shape index (κ2) is 8.67. The first-order valence-electron chi connectivity index (χ1n) is 7.90. The maximum atomic E-state index is 14.1.